The normalized spacial score (nSPS) is 10.5. The molecule has 0 aliphatic heterocycles. The zero-order chi connectivity index (χ0) is 22.2. The van der Waals surface area contributed by atoms with Crippen LogP contribution in [-0.4, -0.2) is 32.3 Å². The first kappa shape index (κ1) is 22.5. The molecule has 0 spiro atoms. The van der Waals surface area contributed by atoms with E-state index in [9.17, 15) is 14.0 Å². The summed E-state index contributed by atoms with van der Waals surface area (Å²) in [4.78, 5) is 24.5. The number of hydrogen-bond acceptors (Lipinski definition) is 5. The first-order chi connectivity index (χ1) is 15.0. The molecule has 0 saturated carbocycles. The van der Waals surface area contributed by atoms with E-state index < -0.39 is 11.7 Å². The Morgan fingerprint density at radius 2 is 1.84 bits per heavy atom. The summed E-state index contributed by atoms with van der Waals surface area (Å²) in [7, 11) is 0. The molecule has 10 heteroatoms. The zero-order valence-corrected chi connectivity index (χ0v) is 17.9. The highest BCUT2D eigenvalue weighted by molar-refractivity contribution is 7.99. The SMILES string of the molecule is C=CCn1c(CC(=O)Nc2ccccc2F)nnc1SCC(=O)Nc1ccc(Cl)cc1. The minimum atomic E-state index is -0.522. The van der Waals surface area contributed by atoms with Crippen LogP contribution >= 0.6 is 23.4 Å². The predicted molar refractivity (Wildman–Crippen MR) is 120 cm³/mol. The van der Waals surface area contributed by atoms with Crippen molar-refractivity contribution in [2.45, 2.75) is 18.1 Å². The maximum atomic E-state index is 13.7. The Kier molecular flexibility index (Phi) is 7.80. The molecule has 1 aromatic heterocycles. The molecule has 0 unspecified atom stereocenters. The molecule has 0 fully saturated rings. The highest BCUT2D eigenvalue weighted by Crippen LogP contribution is 2.20. The first-order valence-corrected chi connectivity index (χ1v) is 10.6. The van der Waals surface area contributed by atoms with Crippen LogP contribution in [0.25, 0.3) is 0 Å². The van der Waals surface area contributed by atoms with Gasteiger partial charge in [0.1, 0.15) is 11.6 Å². The van der Waals surface area contributed by atoms with Crippen LogP contribution in [-0.2, 0) is 22.6 Å². The molecule has 2 amide bonds. The number of nitrogens with zero attached hydrogens (tertiary/aromatic N) is 3. The van der Waals surface area contributed by atoms with Crippen LogP contribution in [0.3, 0.4) is 0 Å². The van der Waals surface area contributed by atoms with Crippen molar-refractivity contribution in [3.05, 3.63) is 77.9 Å². The molecule has 0 saturated heterocycles. The number of aromatic nitrogens is 3. The van der Waals surface area contributed by atoms with Crippen LogP contribution in [0.5, 0.6) is 0 Å². The molecular formula is C21H19ClFN5O2S. The molecule has 3 aromatic rings. The van der Waals surface area contributed by atoms with Crippen molar-refractivity contribution in [1.29, 1.82) is 0 Å². The number of halogens is 2. The van der Waals surface area contributed by atoms with Crippen molar-refractivity contribution >= 4 is 46.6 Å². The lowest BCUT2D eigenvalue weighted by Gasteiger charge is -2.09. The molecule has 2 N–H and O–H groups in total. The van der Waals surface area contributed by atoms with E-state index in [4.69, 9.17) is 11.6 Å². The van der Waals surface area contributed by atoms with Gasteiger partial charge >= 0.3 is 0 Å². The summed E-state index contributed by atoms with van der Waals surface area (Å²) < 4.78 is 15.4. The highest BCUT2D eigenvalue weighted by Gasteiger charge is 2.17. The average Bonchev–Trinajstić information content (AvgIpc) is 3.11. The van der Waals surface area contributed by atoms with Gasteiger partial charge in [-0.2, -0.15) is 0 Å². The molecule has 2 aromatic carbocycles. The summed E-state index contributed by atoms with van der Waals surface area (Å²) in [5, 5.41) is 14.5. The summed E-state index contributed by atoms with van der Waals surface area (Å²) in [6.45, 7) is 4.07. The molecule has 0 atom stereocenters. The summed E-state index contributed by atoms with van der Waals surface area (Å²) in [5.74, 6) is -0.695. The predicted octanol–water partition coefficient (Wildman–Crippen LogP) is 4.17. The van der Waals surface area contributed by atoms with Gasteiger partial charge in [0.2, 0.25) is 11.8 Å². The van der Waals surface area contributed by atoms with E-state index in [1.807, 2.05) is 0 Å². The molecule has 0 aliphatic rings. The first-order valence-electron chi connectivity index (χ1n) is 9.22. The largest absolute Gasteiger partial charge is 0.325 e. The van der Waals surface area contributed by atoms with Gasteiger partial charge in [0.25, 0.3) is 0 Å². The second kappa shape index (κ2) is 10.7. The smallest absolute Gasteiger partial charge is 0.234 e. The standard InChI is InChI=1S/C21H19ClFN5O2S/c1-2-11-28-18(12-19(29)25-17-6-4-3-5-16(17)23)26-27-21(28)31-13-20(30)24-15-9-7-14(22)8-10-15/h2-10H,1,11-13H2,(H,24,30)(H,25,29). The van der Waals surface area contributed by atoms with Gasteiger partial charge in [0.15, 0.2) is 5.16 Å². The lowest BCUT2D eigenvalue weighted by molar-refractivity contribution is -0.116. The average molecular weight is 460 g/mol. The number of para-hydroxylation sites is 1. The van der Waals surface area contributed by atoms with Crippen molar-refractivity contribution in [2.75, 3.05) is 16.4 Å². The van der Waals surface area contributed by atoms with Crippen molar-refractivity contribution in [1.82, 2.24) is 14.8 Å². The molecule has 0 radical (unpaired) electrons. The third-order valence-corrected chi connectivity index (χ3v) is 5.25. The van der Waals surface area contributed by atoms with Crippen molar-refractivity contribution in [3.8, 4) is 0 Å². The Morgan fingerprint density at radius 1 is 1.10 bits per heavy atom. The Bertz CT molecular complexity index is 1090. The minimum absolute atomic E-state index is 0.0933. The van der Waals surface area contributed by atoms with Gasteiger partial charge in [0.05, 0.1) is 17.9 Å². The van der Waals surface area contributed by atoms with E-state index in [0.29, 0.717) is 28.2 Å². The number of allylic oxidation sites excluding steroid dienone is 1. The molecule has 7 nitrogen and oxygen atoms in total. The quantitative estimate of drug-likeness (QED) is 0.370. The fourth-order valence-corrected chi connectivity index (χ4v) is 3.52. The monoisotopic (exact) mass is 459 g/mol. The Morgan fingerprint density at radius 3 is 2.55 bits per heavy atom. The van der Waals surface area contributed by atoms with Crippen LogP contribution in [0.1, 0.15) is 5.82 Å². The number of hydrogen-bond donors (Lipinski definition) is 2. The highest BCUT2D eigenvalue weighted by atomic mass is 35.5. The second-order valence-electron chi connectivity index (χ2n) is 6.35. The van der Waals surface area contributed by atoms with Crippen LogP contribution in [0, 0.1) is 5.82 Å². The van der Waals surface area contributed by atoms with E-state index in [2.05, 4.69) is 27.4 Å². The fraction of sp³-hybridized carbons (Fsp3) is 0.143. The molecule has 0 bridgehead atoms. The topological polar surface area (TPSA) is 88.9 Å². The lowest BCUT2D eigenvalue weighted by Crippen LogP contribution is -2.18. The van der Waals surface area contributed by atoms with E-state index >= 15 is 0 Å². The third kappa shape index (κ3) is 6.40. The number of rotatable bonds is 9. The maximum absolute atomic E-state index is 13.7. The minimum Gasteiger partial charge on any atom is -0.325 e. The summed E-state index contributed by atoms with van der Waals surface area (Å²) in [6, 6.07) is 12.7. The third-order valence-electron chi connectivity index (χ3n) is 4.03. The molecule has 160 valence electrons. The van der Waals surface area contributed by atoms with E-state index in [-0.39, 0.29) is 23.8 Å². The van der Waals surface area contributed by atoms with E-state index in [0.717, 1.165) is 0 Å². The van der Waals surface area contributed by atoms with Gasteiger partial charge in [0, 0.05) is 17.3 Å². The number of amides is 2. The lowest BCUT2D eigenvalue weighted by atomic mass is 10.3. The number of benzene rings is 2. The molecule has 31 heavy (non-hydrogen) atoms. The zero-order valence-electron chi connectivity index (χ0n) is 16.3. The Balaban J connectivity index is 1.62. The number of carbonyl (C=O) groups is 2. The number of nitrogens with one attached hydrogen (secondary N) is 2. The van der Waals surface area contributed by atoms with Gasteiger partial charge in [-0.3, -0.25) is 9.59 Å². The van der Waals surface area contributed by atoms with E-state index in [1.165, 1.54) is 30.0 Å². The van der Waals surface area contributed by atoms with Gasteiger partial charge in [-0.05, 0) is 36.4 Å². The second-order valence-corrected chi connectivity index (χ2v) is 7.73. The molecule has 1 heterocycles. The van der Waals surface area contributed by atoms with Crippen LogP contribution in [0.2, 0.25) is 5.02 Å². The summed E-state index contributed by atoms with van der Waals surface area (Å²) in [6.07, 6.45) is 1.53. The van der Waals surface area contributed by atoms with Crippen LogP contribution in [0.15, 0.2) is 66.3 Å². The van der Waals surface area contributed by atoms with Gasteiger partial charge < -0.3 is 15.2 Å². The van der Waals surface area contributed by atoms with Crippen molar-refractivity contribution < 1.29 is 14.0 Å². The van der Waals surface area contributed by atoms with E-state index in [1.54, 1.807) is 41.0 Å². The van der Waals surface area contributed by atoms with Crippen molar-refractivity contribution in [3.63, 3.8) is 0 Å². The number of anilines is 2. The number of thioether (sulfide) groups is 1. The molecule has 0 aliphatic carbocycles. The molecular weight excluding hydrogens is 441 g/mol. The Hall–Kier alpha value is -3.17. The fourth-order valence-electron chi connectivity index (χ4n) is 2.63. The van der Waals surface area contributed by atoms with Gasteiger partial charge in [-0.15, -0.1) is 16.8 Å². The van der Waals surface area contributed by atoms with Crippen LogP contribution in [0.4, 0.5) is 15.8 Å². The summed E-state index contributed by atoms with van der Waals surface area (Å²) in [5.41, 5.74) is 0.726. The van der Waals surface area contributed by atoms with Crippen LogP contribution < -0.4 is 10.6 Å². The number of carbonyl (C=O) groups excluding carboxylic acids is 2. The van der Waals surface area contributed by atoms with Gasteiger partial charge in [-0.1, -0.05) is 41.6 Å². The maximum Gasteiger partial charge on any atom is 0.234 e. The summed E-state index contributed by atoms with van der Waals surface area (Å²) >= 11 is 7.02. The Labute approximate surface area is 187 Å². The molecule has 3 rings (SSSR count). The van der Waals surface area contributed by atoms with Gasteiger partial charge in [-0.25, -0.2) is 4.39 Å². The van der Waals surface area contributed by atoms with Crippen molar-refractivity contribution in [2.24, 2.45) is 0 Å².